The van der Waals surface area contributed by atoms with Crippen LogP contribution >= 0.6 is 11.8 Å². The van der Waals surface area contributed by atoms with Crippen molar-refractivity contribution >= 4 is 17.7 Å². The van der Waals surface area contributed by atoms with Gasteiger partial charge < -0.3 is 9.88 Å². The SMILES string of the molecule is CSc1nnc(CCCNC(=O)c2cccc(C)c2)n1C1CCCC1. The van der Waals surface area contributed by atoms with E-state index >= 15 is 0 Å². The summed E-state index contributed by atoms with van der Waals surface area (Å²) in [6.07, 6.45) is 8.81. The molecule has 1 fully saturated rings. The number of hydrogen-bond donors (Lipinski definition) is 1. The molecule has 0 atom stereocenters. The van der Waals surface area contributed by atoms with Gasteiger partial charge in [0.25, 0.3) is 5.91 Å². The molecule has 0 bridgehead atoms. The molecule has 1 aromatic carbocycles. The quantitative estimate of drug-likeness (QED) is 0.604. The summed E-state index contributed by atoms with van der Waals surface area (Å²) in [4.78, 5) is 12.2. The number of carbonyl (C=O) groups excluding carboxylic acids is 1. The first-order chi connectivity index (χ1) is 12.2. The van der Waals surface area contributed by atoms with Crippen LogP contribution in [0.5, 0.6) is 0 Å². The predicted octanol–water partition coefficient (Wildman–Crippen LogP) is 3.79. The molecule has 25 heavy (non-hydrogen) atoms. The predicted molar refractivity (Wildman–Crippen MR) is 101 cm³/mol. The van der Waals surface area contributed by atoms with E-state index in [0.717, 1.165) is 34.9 Å². The fourth-order valence-electron chi connectivity index (χ4n) is 3.48. The molecule has 1 aromatic heterocycles. The number of nitrogens with one attached hydrogen (secondary N) is 1. The minimum Gasteiger partial charge on any atom is -0.352 e. The molecular formula is C19H26N4OS. The summed E-state index contributed by atoms with van der Waals surface area (Å²) in [5.74, 6) is 1.05. The summed E-state index contributed by atoms with van der Waals surface area (Å²) in [7, 11) is 0. The Morgan fingerprint density at radius 3 is 2.84 bits per heavy atom. The molecule has 1 amide bonds. The topological polar surface area (TPSA) is 59.8 Å². The zero-order chi connectivity index (χ0) is 17.6. The summed E-state index contributed by atoms with van der Waals surface area (Å²) in [6.45, 7) is 2.65. The Hall–Kier alpha value is -1.82. The third kappa shape index (κ3) is 4.42. The van der Waals surface area contributed by atoms with E-state index in [4.69, 9.17) is 0 Å². The lowest BCUT2D eigenvalue weighted by molar-refractivity contribution is 0.0953. The average Bonchev–Trinajstić information content (AvgIpc) is 3.27. The summed E-state index contributed by atoms with van der Waals surface area (Å²) in [6, 6.07) is 8.23. The standard InChI is InChI=1S/C19H26N4OS/c1-14-7-5-8-15(13-14)18(24)20-12-6-11-17-21-22-19(25-2)23(17)16-9-3-4-10-16/h5,7-8,13,16H,3-4,6,9-12H2,1-2H3,(H,20,24). The van der Waals surface area contributed by atoms with Crippen molar-refractivity contribution in [3.8, 4) is 0 Å². The van der Waals surface area contributed by atoms with Gasteiger partial charge in [-0.25, -0.2) is 0 Å². The first-order valence-corrected chi connectivity index (χ1v) is 10.2. The summed E-state index contributed by atoms with van der Waals surface area (Å²) < 4.78 is 2.33. The molecular weight excluding hydrogens is 332 g/mol. The molecule has 0 saturated heterocycles. The number of thioether (sulfide) groups is 1. The lowest BCUT2D eigenvalue weighted by atomic mass is 10.1. The van der Waals surface area contributed by atoms with Crippen LogP contribution in [-0.2, 0) is 6.42 Å². The zero-order valence-corrected chi connectivity index (χ0v) is 15.8. The first-order valence-electron chi connectivity index (χ1n) is 9.01. The van der Waals surface area contributed by atoms with E-state index in [1.807, 2.05) is 31.2 Å². The van der Waals surface area contributed by atoms with Crippen molar-refractivity contribution in [1.29, 1.82) is 0 Å². The molecule has 1 heterocycles. The molecule has 0 aliphatic heterocycles. The van der Waals surface area contributed by atoms with Crippen LogP contribution in [0.1, 0.15) is 59.9 Å². The van der Waals surface area contributed by atoms with Gasteiger partial charge in [-0.15, -0.1) is 10.2 Å². The van der Waals surface area contributed by atoms with Crippen LogP contribution in [0.4, 0.5) is 0 Å². The van der Waals surface area contributed by atoms with Gasteiger partial charge in [0.1, 0.15) is 5.82 Å². The smallest absolute Gasteiger partial charge is 0.251 e. The highest BCUT2D eigenvalue weighted by Gasteiger charge is 2.23. The molecule has 1 N–H and O–H groups in total. The fourth-order valence-corrected chi connectivity index (χ4v) is 4.06. The maximum Gasteiger partial charge on any atom is 0.251 e. The zero-order valence-electron chi connectivity index (χ0n) is 15.0. The molecule has 1 aliphatic rings. The van der Waals surface area contributed by atoms with Gasteiger partial charge >= 0.3 is 0 Å². The van der Waals surface area contributed by atoms with Gasteiger partial charge in [-0.2, -0.15) is 0 Å². The van der Waals surface area contributed by atoms with E-state index in [2.05, 4.69) is 26.3 Å². The van der Waals surface area contributed by atoms with Crippen LogP contribution in [0.15, 0.2) is 29.4 Å². The first kappa shape index (κ1) is 18.0. The number of hydrogen-bond acceptors (Lipinski definition) is 4. The number of benzene rings is 1. The molecule has 3 rings (SSSR count). The third-order valence-corrected chi connectivity index (χ3v) is 5.39. The number of nitrogens with zero attached hydrogens (tertiary/aromatic N) is 3. The van der Waals surface area contributed by atoms with Crippen LogP contribution in [0.25, 0.3) is 0 Å². The average molecular weight is 359 g/mol. The number of aryl methyl sites for hydroxylation is 2. The van der Waals surface area contributed by atoms with Gasteiger partial charge in [0.15, 0.2) is 5.16 Å². The molecule has 134 valence electrons. The highest BCUT2D eigenvalue weighted by molar-refractivity contribution is 7.98. The van der Waals surface area contributed by atoms with Crippen molar-refractivity contribution in [2.45, 2.75) is 56.6 Å². The largest absolute Gasteiger partial charge is 0.352 e. The minimum absolute atomic E-state index is 0.00855. The van der Waals surface area contributed by atoms with Gasteiger partial charge in [-0.1, -0.05) is 42.3 Å². The molecule has 1 aliphatic carbocycles. The summed E-state index contributed by atoms with van der Waals surface area (Å²) >= 11 is 1.67. The number of rotatable bonds is 7. The Morgan fingerprint density at radius 1 is 1.32 bits per heavy atom. The van der Waals surface area contributed by atoms with E-state index in [0.29, 0.717) is 12.6 Å². The van der Waals surface area contributed by atoms with Crippen molar-refractivity contribution in [2.75, 3.05) is 12.8 Å². The summed E-state index contributed by atoms with van der Waals surface area (Å²) in [5.41, 5.74) is 1.82. The number of amides is 1. The third-order valence-electron chi connectivity index (χ3n) is 4.75. The lowest BCUT2D eigenvalue weighted by Gasteiger charge is -2.16. The highest BCUT2D eigenvalue weighted by atomic mass is 32.2. The maximum absolute atomic E-state index is 12.2. The molecule has 0 spiro atoms. The van der Waals surface area contributed by atoms with Crippen LogP contribution in [0.3, 0.4) is 0 Å². The fraction of sp³-hybridized carbons (Fsp3) is 0.526. The van der Waals surface area contributed by atoms with Crippen molar-refractivity contribution in [1.82, 2.24) is 20.1 Å². The monoisotopic (exact) mass is 358 g/mol. The molecule has 6 heteroatoms. The molecule has 0 radical (unpaired) electrons. The van der Waals surface area contributed by atoms with Gasteiger partial charge in [0.05, 0.1) is 0 Å². The van der Waals surface area contributed by atoms with Crippen LogP contribution < -0.4 is 5.32 Å². The summed E-state index contributed by atoms with van der Waals surface area (Å²) in [5, 5.41) is 12.8. The number of aromatic nitrogens is 3. The Bertz CT molecular complexity index is 722. The second-order valence-corrected chi connectivity index (χ2v) is 7.41. The second kappa shape index (κ2) is 8.52. The van der Waals surface area contributed by atoms with E-state index in [1.165, 1.54) is 25.7 Å². The highest BCUT2D eigenvalue weighted by Crippen LogP contribution is 2.33. The normalized spacial score (nSPS) is 14.8. The van der Waals surface area contributed by atoms with Gasteiger partial charge in [0, 0.05) is 24.6 Å². The van der Waals surface area contributed by atoms with Gasteiger partial charge in [-0.05, 0) is 44.6 Å². The van der Waals surface area contributed by atoms with Crippen LogP contribution in [-0.4, -0.2) is 33.5 Å². The van der Waals surface area contributed by atoms with Crippen molar-refractivity contribution in [2.24, 2.45) is 0 Å². The minimum atomic E-state index is -0.00855. The van der Waals surface area contributed by atoms with E-state index in [9.17, 15) is 4.79 Å². The van der Waals surface area contributed by atoms with Crippen molar-refractivity contribution in [3.05, 3.63) is 41.2 Å². The maximum atomic E-state index is 12.2. The Morgan fingerprint density at radius 2 is 2.12 bits per heavy atom. The van der Waals surface area contributed by atoms with Crippen molar-refractivity contribution < 1.29 is 4.79 Å². The van der Waals surface area contributed by atoms with Crippen molar-refractivity contribution in [3.63, 3.8) is 0 Å². The van der Waals surface area contributed by atoms with E-state index < -0.39 is 0 Å². The Labute approximate surface area is 153 Å². The number of carbonyl (C=O) groups is 1. The van der Waals surface area contributed by atoms with Gasteiger partial charge in [0.2, 0.25) is 0 Å². The molecule has 1 saturated carbocycles. The Kier molecular flexibility index (Phi) is 6.13. The molecule has 5 nitrogen and oxygen atoms in total. The molecule has 2 aromatic rings. The lowest BCUT2D eigenvalue weighted by Crippen LogP contribution is -2.25. The van der Waals surface area contributed by atoms with E-state index in [-0.39, 0.29) is 5.91 Å². The molecule has 0 unspecified atom stereocenters. The second-order valence-electron chi connectivity index (χ2n) is 6.64. The van der Waals surface area contributed by atoms with Crippen LogP contribution in [0.2, 0.25) is 0 Å². The Balaban J connectivity index is 1.54. The van der Waals surface area contributed by atoms with Gasteiger partial charge in [-0.3, -0.25) is 4.79 Å². The van der Waals surface area contributed by atoms with E-state index in [1.54, 1.807) is 11.8 Å². The van der Waals surface area contributed by atoms with Crippen LogP contribution in [0, 0.1) is 6.92 Å².